The fourth-order valence-electron chi connectivity index (χ4n) is 4.24. The van der Waals surface area contributed by atoms with E-state index in [2.05, 4.69) is 59.3 Å². The Morgan fingerprint density at radius 1 is 0.656 bits per heavy atom. The highest BCUT2D eigenvalue weighted by Gasteiger charge is 2.18. The number of hydrogen-bond donors (Lipinski definition) is 1. The van der Waals surface area contributed by atoms with Crippen LogP contribution in [0.15, 0.2) is 108 Å². The van der Waals surface area contributed by atoms with Gasteiger partial charge in [-0.05, 0) is 76.6 Å². The summed E-state index contributed by atoms with van der Waals surface area (Å²) in [6.07, 6.45) is 4.16. The number of sulfonamides is 1. The molecule has 0 aliphatic heterocycles. The normalized spacial score (nSPS) is 12.9. The van der Waals surface area contributed by atoms with Crippen LogP contribution in [-0.4, -0.2) is 8.42 Å². The van der Waals surface area contributed by atoms with E-state index < -0.39 is 10.0 Å². The highest BCUT2D eigenvalue weighted by Crippen LogP contribution is 2.35. The van der Waals surface area contributed by atoms with Crippen molar-refractivity contribution in [1.29, 1.82) is 0 Å². The number of anilines is 1. The van der Waals surface area contributed by atoms with Crippen LogP contribution in [-0.2, 0) is 22.9 Å². The van der Waals surface area contributed by atoms with Crippen molar-refractivity contribution in [2.75, 3.05) is 4.72 Å². The van der Waals surface area contributed by atoms with Crippen LogP contribution in [0.4, 0.5) is 5.69 Å². The lowest BCUT2D eigenvalue weighted by molar-refractivity contribution is 0.601. The van der Waals surface area contributed by atoms with Gasteiger partial charge in [0, 0.05) is 5.69 Å². The van der Waals surface area contributed by atoms with E-state index >= 15 is 0 Å². The first-order chi connectivity index (χ1) is 15.6. The van der Waals surface area contributed by atoms with Crippen LogP contribution in [0.1, 0.15) is 27.8 Å². The summed E-state index contributed by atoms with van der Waals surface area (Å²) in [6, 6.07) is 33.0. The van der Waals surface area contributed by atoms with Crippen molar-refractivity contribution in [2.45, 2.75) is 17.7 Å². The van der Waals surface area contributed by atoms with Crippen LogP contribution in [0.3, 0.4) is 0 Å². The van der Waals surface area contributed by atoms with Gasteiger partial charge in [0.05, 0.1) is 4.90 Å². The summed E-state index contributed by atoms with van der Waals surface area (Å²) < 4.78 is 28.2. The second-order valence-corrected chi connectivity index (χ2v) is 9.60. The molecule has 0 saturated heterocycles. The molecule has 5 rings (SSSR count). The minimum absolute atomic E-state index is 0.246. The number of rotatable bonds is 4. The lowest BCUT2D eigenvalue weighted by Gasteiger charge is -2.13. The number of aryl methyl sites for hydroxylation is 2. The fourth-order valence-corrected chi connectivity index (χ4v) is 5.31. The molecule has 0 heterocycles. The molecule has 0 saturated carbocycles. The quantitative estimate of drug-likeness (QED) is 0.415. The van der Waals surface area contributed by atoms with Gasteiger partial charge in [-0.15, -0.1) is 0 Å². The molecule has 1 aliphatic rings. The zero-order valence-corrected chi connectivity index (χ0v) is 18.3. The van der Waals surface area contributed by atoms with E-state index in [-0.39, 0.29) is 4.90 Å². The van der Waals surface area contributed by atoms with Gasteiger partial charge in [0.2, 0.25) is 0 Å². The first-order valence-electron chi connectivity index (χ1n) is 10.7. The fraction of sp³-hybridized carbons (Fsp3) is 0.0714. The van der Waals surface area contributed by atoms with Gasteiger partial charge in [0.15, 0.2) is 0 Å². The molecule has 4 aromatic carbocycles. The molecule has 4 heteroatoms. The standard InChI is InChI=1S/C28H23NO2S/c30-32(31,25-13-2-1-3-14-25)29-24-12-8-9-21(19-24)20-28-26-15-6-4-10-22(26)17-18-23-11-5-7-16-27(23)28/h1-16,19-20,29H,17-18H2. The molecule has 0 aromatic heterocycles. The van der Waals surface area contributed by atoms with Crippen LogP contribution < -0.4 is 4.72 Å². The van der Waals surface area contributed by atoms with Crippen molar-refractivity contribution < 1.29 is 8.42 Å². The smallest absolute Gasteiger partial charge is 0.261 e. The first kappa shape index (κ1) is 20.3. The number of benzene rings is 4. The maximum atomic E-state index is 12.7. The predicted octanol–water partition coefficient (Wildman–Crippen LogP) is 6.17. The van der Waals surface area contributed by atoms with E-state index in [9.17, 15) is 8.42 Å². The molecule has 158 valence electrons. The summed E-state index contributed by atoms with van der Waals surface area (Å²) in [6.45, 7) is 0. The lowest BCUT2D eigenvalue weighted by atomic mass is 9.92. The first-order valence-corrected chi connectivity index (χ1v) is 12.1. The molecule has 0 spiro atoms. The topological polar surface area (TPSA) is 46.2 Å². The van der Waals surface area contributed by atoms with Crippen LogP contribution >= 0.6 is 0 Å². The maximum absolute atomic E-state index is 12.7. The van der Waals surface area contributed by atoms with E-state index in [1.807, 2.05) is 18.2 Å². The second kappa shape index (κ2) is 8.48. The van der Waals surface area contributed by atoms with Gasteiger partial charge in [-0.1, -0.05) is 78.9 Å². The van der Waals surface area contributed by atoms with Crippen molar-refractivity contribution in [3.63, 3.8) is 0 Å². The van der Waals surface area contributed by atoms with Crippen molar-refractivity contribution >= 4 is 27.4 Å². The summed E-state index contributed by atoms with van der Waals surface area (Å²) in [5.41, 5.74) is 7.77. The molecule has 0 unspecified atom stereocenters. The van der Waals surface area contributed by atoms with Crippen molar-refractivity contribution in [3.8, 4) is 0 Å². The monoisotopic (exact) mass is 437 g/mol. The third-order valence-electron chi connectivity index (χ3n) is 5.78. The van der Waals surface area contributed by atoms with Crippen LogP contribution in [0.2, 0.25) is 0 Å². The highest BCUT2D eigenvalue weighted by atomic mass is 32.2. The van der Waals surface area contributed by atoms with Gasteiger partial charge in [-0.3, -0.25) is 4.72 Å². The van der Waals surface area contributed by atoms with E-state index in [0.717, 1.165) is 24.0 Å². The zero-order chi connectivity index (χ0) is 22.0. The third kappa shape index (κ3) is 4.10. The third-order valence-corrected chi connectivity index (χ3v) is 7.18. The van der Waals surface area contributed by atoms with Crippen LogP contribution in [0, 0.1) is 0 Å². The van der Waals surface area contributed by atoms with Crippen molar-refractivity contribution in [2.24, 2.45) is 0 Å². The number of nitrogens with one attached hydrogen (secondary N) is 1. The van der Waals surface area contributed by atoms with Crippen LogP contribution in [0.25, 0.3) is 11.6 Å². The average Bonchev–Trinajstić information content (AvgIpc) is 2.97. The SMILES string of the molecule is O=S(=O)(Nc1cccc(C=C2c3ccccc3CCc3ccccc32)c1)c1ccccc1. The number of fused-ring (bicyclic) bond motifs is 2. The van der Waals surface area contributed by atoms with Crippen LogP contribution in [0.5, 0.6) is 0 Å². The molecule has 1 aliphatic carbocycles. The number of hydrogen-bond acceptors (Lipinski definition) is 2. The maximum Gasteiger partial charge on any atom is 0.261 e. The van der Waals surface area contributed by atoms with Crippen molar-refractivity contribution in [3.05, 3.63) is 131 Å². The van der Waals surface area contributed by atoms with Gasteiger partial charge in [0.25, 0.3) is 10.0 Å². The molecule has 0 bridgehead atoms. The van der Waals surface area contributed by atoms with Gasteiger partial charge in [0.1, 0.15) is 0 Å². The van der Waals surface area contributed by atoms with Gasteiger partial charge in [-0.25, -0.2) is 8.42 Å². The Labute approximate surface area is 189 Å². The molecule has 3 nitrogen and oxygen atoms in total. The minimum atomic E-state index is -3.64. The second-order valence-electron chi connectivity index (χ2n) is 7.92. The molecule has 0 radical (unpaired) electrons. The molecule has 4 aromatic rings. The Balaban J connectivity index is 1.57. The summed E-state index contributed by atoms with van der Waals surface area (Å²) in [4.78, 5) is 0.246. The van der Waals surface area contributed by atoms with E-state index in [1.165, 1.54) is 22.3 Å². The van der Waals surface area contributed by atoms with Gasteiger partial charge >= 0.3 is 0 Å². The largest absolute Gasteiger partial charge is 0.280 e. The summed E-state index contributed by atoms with van der Waals surface area (Å²) in [5.74, 6) is 0. The molecular formula is C28H23NO2S. The predicted molar refractivity (Wildman–Crippen MR) is 131 cm³/mol. The summed E-state index contributed by atoms with van der Waals surface area (Å²) in [7, 11) is -3.64. The molecular weight excluding hydrogens is 414 g/mol. The van der Waals surface area contributed by atoms with Gasteiger partial charge in [-0.2, -0.15) is 0 Å². The summed E-state index contributed by atoms with van der Waals surface area (Å²) in [5, 5.41) is 0. The molecule has 1 N–H and O–H groups in total. The Bertz CT molecular complexity index is 1360. The average molecular weight is 438 g/mol. The van der Waals surface area contributed by atoms with E-state index in [1.54, 1.807) is 36.4 Å². The summed E-state index contributed by atoms with van der Waals surface area (Å²) >= 11 is 0. The highest BCUT2D eigenvalue weighted by molar-refractivity contribution is 7.92. The Kier molecular flexibility index (Phi) is 5.38. The Morgan fingerprint density at radius 2 is 1.25 bits per heavy atom. The molecule has 32 heavy (non-hydrogen) atoms. The molecule has 0 fully saturated rings. The molecule has 0 amide bonds. The van der Waals surface area contributed by atoms with E-state index in [4.69, 9.17) is 0 Å². The molecule has 0 atom stereocenters. The zero-order valence-electron chi connectivity index (χ0n) is 17.5. The van der Waals surface area contributed by atoms with E-state index in [0.29, 0.717) is 5.69 Å². The lowest BCUT2D eigenvalue weighted by Crippen LogP contribution is -2.12. The Hall–Kier alpha value is -3.63. The minimum Gasteiger partial charge on any atom is -0.280 e. The van der Waals surface area contributed by atoms with Gasteiger partial charge < -0.3 is 0 Å². The van der Waals surface area contributed by atoms with Crippen molar-refractivity contribution in [1.82, 2.24) is 0 Å². The Morgan fingerprint density at radius 3 is 1.91 bits per heavy atom.